The highest BCUT2D eigenvalue weighted by Gasteiger charge is 2.28. The molecule has 3 aromatic rings. The average molecular weight is 441 g/mol. The van der Waals surface area contributed by atoms with Crippen molar-refractivity contribution in [2.24, 2.45) is 0 Å². The zero-order chi connectivity index (χ0) is 21.5. The number of aromatic nitrogens is 4. The van der Waals surface area contributed by atoms with Crippen LogP contribution in [-0.4, -0.2) is 49.4 Å². The van der Waals surface area contributed by atoms with Gasteiger partial charge in [0, 0.05) is 48.6 Å². The van der Waals surface area contributed by atoms with Crippen LogP contribution in [0.25, 0.3) is 5.65 Å². The van der Waals surface area contributed by atoms with Gasteiger partial charge in [0.15, 0.2) is 10.8 Å². The Morgan fingerprint density at radius 2 is 2.06 bits per heavy atom. The standard InChI is InChI=1S/C21H24N6O3S/c1-12(28)22-21-24-17(11-31-21)20(30)26-8-4-5-13(10-26)16-9-18-23-15-7-3-2-6-14(15)19(29)27(18)25-16/h9,11,13,25H,2-8,10H2,1H3,(H,22,24,28). The lowest BCUT2D eigenvalue weighted by atomic mass is 9.94. The van der Waals surface area contributed by atoms with Crippen molar-refractivity contribution in [2.45, 2.75) is 51.4 Å². The van der Waals surface area contributed by atoms with E-state index in [-0.39, 0.29) is 23.3 Å². The van der Waals surface area contributed by atoms with Crippen LogP contribution in [-0.2, 0) is 17.6 Å². The molecule has 2 N–H and O–H groups in total. The number of H-pyrrole nitrogens is 1. The van der Waals surface area contributed by atoms with Crippen LogP contribution in [0.2, 0.25) is 0 Å². The third kappa shape index (κ3) is 3.76. The van der Waals surface area contributed by atoms with Crippen LogP contribution >= 0.6 is 11.3 Å². The Hall–Kier alpha value is -3.01. The predicted molar refractivity (Wildman–Crippen MR) is 117 cm³/mol. The summed E-state index contributed by atoms with van der Waals surface area (Å²) in [7, 11) is 0. The largest absolute Gasteiger partial charge is 0.337 e. The van der Waals surface area contributed by atoms with Crippen molar-refractivity contribution >= 4 is 33.9 Å². The van der Waals surface area contributed by atoms with Crippen molar-refractivity contribution in [1.82, 2.24) is 24.5 Å². The number of aromatic amines is 1. The van der Waals surface area contributed by atoms with E-state index >= 15 is 0 Å². The second-order valence-corrected chi connectivity index (χ2v) is 9.12. The van der Waals surface area contributed by atoms with Gasteiger partial charge < -0.3 is 10.2 Å². The summed E-state index contributed by atoms with van der Waals surface area (Å²) in [4.78, 5) is 47.8. The number of aryl methyl sites for hydroxylation is 1. The Labute approximate surface area is 182 Å². The molecule has 1 atom stereocenters. The summed E-state index contributed by atoms with van der Waals surface area (Å²) in [6.07, 6.45) is 5.56. The topological polar surface area (TPSA) is 112 Å². The molecule has 0 bridgehead atoms. The molecule has 0 aromatic carbocycles. The van der Waals surface area contributed by atoms with Gasteiger partial charge in [-0.2, -0.15) is 0 Å². The number of fused-ring (bicyclic) bond motifs is 2. The second kappa shape index (κ2) is 7.92. The molecular weight excluding hydrogens is 416 g/mol. The van der Waals surface area contributed by atoms with Crippen LogP contribution in [0.1, 0.15) is 66.0 Å². The summed E-state index contributed by atoms with van der Waals surface area (Å²) in [5, 5.41) is 7.97. The molecule has 10 heteroatoms. The van der Waals surface area contributed by atoms with Crippen LogP contribution in [0.4, 0.5) is 5.13 Å². The molecule has 4 heterocycles. The van der Waals surface area contributed by atoms with Crippen LogP contribution in [0, 0.1) is 0 Å². The summed E-state index contributed by atoms with van der Waals surface area (Å²) >= 11 is 1.24. The van der Waals surface area contributed by atoms with Gasteiger partial charge in [-0.25, -0.2) is 14.5 Å². The molecule has 1 aliphatic carbocycles. The highest BCUT2D eigenvalue weighted by molar-refractivity contribution is 7.14. The van der Waals surface area contributed by atoms with Gasteiger partial charge in [-0.3, -0.25) is 19.5 Å². The maximum atomic E-state index is 13.0. The fraction of sp³-hybridized carbons (Fsp3) is 0.476. The normalized spacial score (nSPS) is 18.7. The molecule has 1 unspecified atom stereocenters. The molecule has 3 aromatic heterocycles. The number of anilines is 1. The maximum absolute atomic E-state index is 13.0. The molecule has 0 radical (unpaired) electrons. The van der Waals surface area contributed by atoms with Crippen molar-refractivity contribution in [3.8, 4) is 0 Å². The van der Waals surface area contributed by atoms with Gasteiger partial charge in [0.1, 0.15) is 5.69 Å². The lowest BCUT2D eigenvalue weighted by Crippen LogP contribution is -2.39. The molecule has 162 valence electrons. The molecule has 1 fully saturated rings. The summed E-state index contributed by atoms with van der Waals surface area (Å²) < 4.78 is 1.56. The van der Waals surface area contributed by atoms with E-state index in [1.165, 1.54) is 18.3 Å². The first-order valence-electron chi connectivity index (χ1n) is 10.7. The Morgan fingerprint density at radius 1 is 1.23 bits per heavy atom. The van der Waals surface area contributed by atoms with Gasteiger partial charge in [0.25, 0.3) is 11.5 Å². The van der Waals surface area contributed by atoms with Crippen LogP contribution in [0.3, 0.4) is 0 Å². The summed E-state index contributed by atoms with van der Waals surface area (Å²) in [6, 6.07) is 1.95. The molecule has 1 saturated heterocycles. The zero-order valence-electron chi connectivity index (χ0n) is 17.3. The van der Waals surface area contributed by atoms with E-state index < -0.39 is 0 Å². The molecule has 1 aliphatic heterocycles. The smallest absolute Gasteiger partial charge is 0.276 e. The van der Waals surface area contributed by atoms with Gasteiger partial charge >= 0.3 is 0 Å². The number of nitrogens with zero attached hydrogens (tertiary/aromatic N) is 4. The molecule has 9 nitrogen and oxygen atoms in total. The van der Waals surface area contributed by atoms with E-state index in [0.29, 0.717) is 29.6 Å². The fourth-order valence-electron chi connectivity index (χ4n) is 4.54. The van der Waals surface area contributed by atoms with Gasteiger partial charge in [0.05, 0.1) is 5.69 Å². The van der Waals surface area contributed by atoms with Gasteiger partial charge in [0.2, 0.25) is 5.91 Å². The Balaban J connectivity index is 1.37. The van der Waals surface area contributed by atoms with Crippen LogP contribution in [0.5, 0.6) is 0 Å². The van der Waals surface area contributed by atoms with Crippen molar-refractivity contribution in [1.29, 1.82) is 0 Å². The Kier molecular flexibility index (Phi) is 5.09. The highest BCUT2D eigenvalue weighted by atomic mass is 32.1. The lowest BCUT2D eigenvalue weighted by molar-refractivity contribution is -0.114. The minimum Gasteiger partial charge on any atom is -0.337 e. The van der Waals surface area contributed by atoms with Crippen molar-refractivity contribution in [2.75, 3.05) is 18.4 Å². The van der Waals surface area contributed by atoms with E-state index in [1.54, 1.807) is 14.8 Å². The first kappa shape index (κ1) is 19.9. The predicted octanol–water partition coefficient (Wildman–Crippen LogP) is 2.34. The lowest BCUT2D eigenvalue weighted by Gasteiger charge is -2.31. The Bertz CT molecular complexity index is 1230. The summed E-state index contributed by atoms with van der Waals surface area (Å²) in [6.45, 7) is 2.62. The number of nitrogens with one attached hydrogen (secondary N) is 2. The third-order valence-corrected chi connectivity index (χ3v) is 6.82. The quantitative estimate of drug-likeness (QED) is 0.649. The van der Waals surface area contributed by atoms with Gasteiger partial charge in [-0.05, 0) is 38.5 Å². The van der Waals surface area contributed by atoms with Gasteiger partial charge in [-0.1, -0.05) is 0 Å². The minimum absolute atomic E-state index is 0.00247. The van der Waals surface area contributed by atoms with E-state index in [0.717, 1.165) is 55.5 Å². The number of hydrogen-bond donors (Lipinski definition) is 2. The number of carbonyl (C=O) groups is 2. The monoisotopic (exact) mass is 440 g/mol. The summed E-state index contributed by atoms with van der Waals surface area (Å²) in [5.74, 6) is -0.251. The molecule has 31 heavy (non-hydrogen) atoms. The average Bonchev–Trinajstić information content (AvgIpc) is 3.40. The van der Waals surface area contributed by atoms with Crippen molar-refractivity contribution in [3.63, 3.8) is 0 Å². The molecule has 2 aliphatic rings. The Morgan fingerprint density at radius 3 is 2.90 bits per heavy atom. The minimum atomic E-state index is -0.212. The number of carbonyl (C=O) groups excluding carboxylic acids is 2. The molecule has 0 spiro atoms. The first-order valence-corrected chi connectivity index (χ1v) is 11.5. The van der Waals surface area contributed by atoms with E-state index in [1.807, 2.05) is 6.07 Å². The summed E-state index contributed by atoms with van der Waals surface area (Å²) in [5.41, 5.74) is 3.70. The van der Waals surface area contributed by atoms with Crippen LogP contribution < -0.4 is 10.9 Å². The third-order valence-electron chi connectivity index (χ3n) is 6.06. The van der Waals surface area contributed by atoms with E-state index in [9.17, 15) is 14.4 Å². The number of rotatable bonds is 3. The van der Waals surface area contributed by atoms with E-state index in [2.05, 4.69) is 15.4 Å². The van der Waals surface area contributed by atoms with E-state index in [4.69, 9.17) is 4.98 Å². The van der Waals surface area contributed by atoms with Gasteiger partial charge in [-0.15, -0.1) is 11.3 Å². The zero-order valence-corrected chi connectivity index (χ0v) is 18.1. The molecular formula is C21H24N6O3S. The van der Waals surface area contributed by atoms with Crippen LogP contribution in [0.15, 0.2) is 16.2 Å². The molecule has 0 saturated carbocycles. The van der Waals surface area contributed by atoms with Crippen molar-refractivity contribution < 1.29 is 9.59 Å². The highest BCUT2D eigenvalue weighted by Crippen LogP contribution is 2.28. The second-order valence-electron chi connectivity index (χ2n) is 8.26. The first-order chi connectivity index (χ1) is 15.0. The number of amides is 2. The maximum Gasteiger partial charge on any atom is 0.276 e. The fourth-order valence-corrected chi connectivity index (χ4v) is 5.27. The number of thiazole rings is 1. The SMILES string of the molecule is CC(=O)Nc1nc(C(=O)N2CCCC(c3cc4nc5c(c(=O)n4[nH]3)CCCC5)C2)cs1. The molecule has 2 amide bonds. The number of likely N-dealkylation sites (tertiary alicyclic amines) is 1. The number of hydrogen-bond acceptors (Lipinski definition) is 6. The molecule has 5 rings (SSSR count). The van der Waals surface area contributed by atoms with Crippen molar-refractivity contribution in [3.05, 3.63) is 44.4 Å². The number of piperidine rings is 1.